The van der Waals surface area contributed by atoms with E-state index in [4.69, 9.17) is 9.47 Å². The lowest BCUT2D eigenvalue weighted by Crippen LogP contribution is -2.40. The standard InChI is InChI=1S/C16H22N2O3/c1-20-12-6-4-11(5-7-12)14-9-15(14)18-16(19)17-10-13-3-2-8-21-13/h4-7,13-15H,2-3,8-10H2,1H3,(H2,17,18,19). The predicted molar refractivity (Wildman–Crippen MR) is 79.6 cm³/mol. The van der Waals surface area contributed by atoms with Crippen molar-refractivity contribution in [1.29, 1.82) is 0 Å². The zero-order chi connectivity index (χ0) is 14.7. The summed E-state index contributed by atoms with van der Waals surface area (Å²) in [5.74, 6) is 1.28. The molecule has 2 N–H and O–H groups in total. The lowest BCUT2D eigenvalue weighted by molar-refractivity contribution is 0.111. The first-order chi connectivity index (χ1) is 10.3. The third-order valence-corrected chi connectivity index (χ3v) is 4.17. The maximum absolute atomic E-state index is 11.8. The van der Waals surface area contributed by atoms with E-state index in [9.17, 15) is 4.79 Å². The quantitative estimate of drug-likeness (QED) is 0.872. The van der Waals surface area contributed by atoms with Gasteiger partial charge in [0.15, 0.2) is 0 Å². The van der Waals surface area contributed by atoms with Crippen LogP contribution in [0.2, 0.25) is 0 Å². The number of hydrogen-bond acceptors (Lipinski definition) is 3. The lowest BCUT2D eigenvalue weighted by Gasteiger charge is -2.11. The van der Waals surface area contributed by atoms with Crippen LogP contribution >= 0.6 is 0 Å². The van der Waals surface area contributed by atoms with Gasteiger partial charge < -0.3 is 20.1 Å². The van der Waals surface area contributed by atoms with Crippen LogP contribution in [0.1, 0.15) is 30.7 Å². The first-order valence-electron chi connectivity index (χ1n) is 7.56. The van der Waals surface area contributed by atoms with E-state index >= 15 is 0 Å². The molecule has 0 bridgehead atoms. The number of methoxy groups -OCH3 is 1. The van der Waals surface area contributed by atoms with Crippen LogP contribution in [-0.2, 0) is 4.74 Å². The highest BCUT2D eigenvalue weighted by Crippen LogP contribution is 2.41. The van der Waals surface area contributed by atoms with Crippen LogP contribution in [-0.4, -0.2) is 38.4 Å². The van der Waals surface area contributed by atoms with Gasteiger partial charge >= 0.3 is 6.03 Å². The van der Waals surface area contributed by atoms with Crippen molar-refractivity contribution in [1.82, 2.24) is 10.6 Å². The Hall–Kier alpha value is -1.75. The number of urea groups is 1. The molecule has 1 aromatic rings. The summed E-state index contributed by atoms with van der Waals surface area (Å²) >= 11 is 0. The van der Waals surface area contributed by atoms with E-state index in [1.54, 1.807) is 7.11 Å². The summed E-state index contributed by atoms with van der Waals surface area (Å²) in [6.45, 7) is 1.42. The molecule has 2 fully saturated rings. The molecule has 2 aliphatic rings. The monoisotopic (exact) mass is 290 g/mol. The molecular formula is C16H22N2O3. The second kappa shape index (κ2) is 6.35. The molecule has 0 radical (unpaired) electrons. The van der Waals surface area contributed by atoms with E-state index in [0.29, 0.717) is 12.5 Å². The molecule has 3 rings (SSSR count). The van der Waals surface area contributed by atoms with E-state index < -0.39 is 0 Å². The van der Waals surface area contributed by atoms with Crippen molar-refractivity contribution in [3.63, 3.8) is 0 Å². The summed E-state index contributed by atoms with van der Waals surface area (Å²) in [5.41, 5.74) is 1.25. The minimum absolute atomic E-state index is 0.0912. The molecular weight excluding hydrogens is 268 g/mol. The largest absolute Gasteiger partial charge is 0.497 e. The maximum Gasteiger partial charge on any atom is 0.315 e. The molecule has 3 unspecified atom stereocenters. The topological polar surface area (TPSA) is 59.6 Å². The Bertz CT molecular complexity index is 483. The van der Waals surface area contributed by atoms with Gasteiger partial charge in [-0.25, -0.2) is 4.79 Å². The molecule has 21 heavy (non-hydrogen) atoms. The van der Waals surface area contributed by atoms with E-state index in [-0.39, 0.29) is 18.2 Å². The Labute approximate surface area is 125 Å². The van der Waals surface area contributed by atoms with Gasteiger partial charge in [0.05, 0.1) is 13.2 Å². The molecule has 2 amide bonds. The van der Waals surface area contributed by atoms with Gasteiger partial charge in [-0.05, 0) is 37.0 Å². The maximum atomic E-state index is 11.8. The molecule has 0 aromatic heterocycles. The van der Waals surface area contributed by atoms with Crippen LogP contribution in [0.5, 0.6) is 5.75 Å². The summed E-state index contributed by atoms with van der Waals surface area (Å²) in [6, 6.07) is 8.20. The number of carbonyl (C=O) groups excluding carboxylic acids is 1. The molecule has 1 saturated heterocycles. The first kappa shape index (κ1) is 14.2. The molecule has 1 heterocycles. The Balaban J connectivity index is 1.41. The van der Waals surface area contributed by atoms with Crippen LogP contribution in [0.4, 0.5) is 4.79 Å². The normalized spacial score (nSPS) is 27.2. The molecule has 1 saturated carbocycles. The Kier molecular flexibility index (Phi) is 4.29. The fourth-order valence-corrected chi connectivity index (χ4v) is 2.81. The smallest absolute Gasteiger partial charge is 0.315 e. The molecule has 1 aliphatic heterocycles. The average Bonchev–Trinajstić information content (AvgIpc) is 3.07. The minimum Gasteiger partial charge on any atom is -0.497 e. The molecule has 114 valence electrons. The van der Waals surface area contributed by atoms with Crippen LogP contribution in [0.25, 0.3) is 0 Å². The number of rotatable bonds is 5. The van der Waals surface area contributed by atoms with Crippen LogP contribution in [0.3, 0.4) is 0 Å². The number of hydrogen-bond donors (Lipinski definition) is 2. The van der Waals surface area contributed by atoms with Gasteiger partial charge in [-0.3, -0.25) is 0 Å². The number of amides is 2. The second-order valence-electron chi connectivity index (χ2n) is 5.71. The van der Waals surface area contributed by atoms with Gasteiger partial charge in [0.25, 0.3) is 0 Å². The van der Waals surface area contributed by atoms with E-state index in [1.165, 1.54) is 5.56 Å². The Morgan fingerprint density at radius 1 is 1.38 bits per heavy atom. The molecule has 1 aromatic carbocycles. The highest BCUT2D eigenvalue weighted by atomic mass is 16.5. The van der Waals surface area contributed by atoms with Gasteiger partial charge in [0.2, 0.25) is 0 Å². The molecule has 3 atom stereocenters. The van der Waals surface area contributed by atoms with Crippen molar-refractivity contribution < 1.29 is 14.3 Å². The highest BCUT2D eigenvalue weighted by molar-refractivity contribution is 5.75. The zero-order valence-corrected chi connectivity index (χ0v) is 12.3. The highest BCUT2D eigenvalue weighted by Gasteiger charge is 2.39. The van der Waals surface area contributed by atoms with E-state index in [0.717, 1.165) is 31.6 Å². The van der Waals surface area contributed by atoms with Crippen molar-refractivity contribution in [3.05, 3.63) is 29.8 Å². The summed E-state index contributed by atoms with van der Waals surface area (Å²) in [6.07, 6.45) is 3.32. The first-order valence-corrected chi connectivity index (χ1v) is 7.56. The van der Waals surface area contributed by atoms with Crippen LogP contribution in [0, 0.1) is 0 Å². The van der Waals surface area contributed by atoms with E-state index in [1.807, 2.05) is 12.1 Å². The fraction of sp³-hybridized carbons (Fsp3) is 0.562. The molecule has 5 nitrogen and oxygen atoms in total. The summed E-state index contributed by atoms with van der Waals surface area (Å²) in [7, 11) is 1.66. The molecule has 5 heteroatoms. The third kappa shape index (κ3) is 3.67. The van der Waals surface area contributed by atoms with Gasteiger partial charge in [0, 0.05) is 25.1 Å². The Morgan fingerprint density at radius 3 is 2.86 bits per heavy atom. The third-order valence-electron chi connectivity index (χ3n) is 4.17. The lowest BCUT2D eigenvalue weighted by atomic mass is 10.1. The van der Waals surface area contributed by atoms with Gasteiger partial charge in [-0.1, -0.05) is 12.1 Å². The van der Waals surface area contributed by atoms with Gasteiger partial charge in [-0.2, -0.15) is 0 Å². The predicted octanol–water partition coefficient (Wildman–Crippen LogP) is 2.03. The van der Waals surface area contributed by atoms with Crippen molar-refractivity contribution in [2.24, 2.45) is 0 Å². The van der Waals surface area contributed by atoms with E-state index in [2.05, 4.69) is 22.8 Å². The average molecular weight is 290 g/mol. The molecule has 0 spiro atoms. The van der Waals surface area contributed by atoms with Crippen molar-refractivity contribution in [2.75, 3.05) is 20.3 Å². The van der Waals surface area contributed by atoms with Crippen molar-refractivity contribution in [3.8, 4) is 5.75 Å². The SMILES string of the molecule is COc1ccc(C2CC2NC(=O)NCC2CCCO2)cc1. The van der Waals surface area contributed by atoms with Crippen LogP contribution < -0.4 is 15.4 Å². The molecule has 1 aliphatic carbocycles. The zero-order valence-electron chi connectivity index (χ0n) is 12.3. The Morgan fingerprint density at radius 2 is 2.19 bits per heavy atom. The van der Waals surface area contributed by atoms with Gasteiger partial charge in [-0.15, -0.1) is 0 Å². The van der Waals surface area contributed by atoms with Crippen LogP contribution in [0.15, 0.2) is 24.3 Å². The second-order valence-corrected chi connectivity index (χ2v) is 5.71. The summed E-state index contributed by atoms with van der Waals surface area (Å²) in [5, 5.41) is 5.91. The van der Waals surface area contributed by atoms with Crippen molar-refractivity contribution >= 4 is 6.03 Å². The minimum atomic E-state index is -0.0912. The number of ether oxygens (including phenoxy) is 2. The number of carbonyl (C=O) groups is 1. The fourth-order valence-electron chi connectivity index (χ4n) is 2.81. The van der Waals surface area contributed by atoms with Gasteiger partial charge in [0.1, 0.15) is 5.75 Å². The summed E-state index contributed by atoms with van der Waals surface area (Å²) in [4.78, 5) is 11.8. The van der Waals surface area contributed by atoms with Crippen molar-refractivity contribution in [2.45, 2.75) is 37.3 Å². The summed E-state index contributed by atoms with van der Waals surface area (Å²) < 4.78 is 10.6. The number of nitrogens with one attached hydrogen (secondary N) is 2. The number of benzene rings is 1.